The number of aromatic nitrogens is 5. The average Bonchev–Trinajstić information content (AvgIpc) is 3.08. The smallest absolute Gasteiger partial charge is 0.281 e. The zero-order valence-electron chi connectivity index (χ0n) is 14.4. The van der Waals surface area contributed by atoms with Crippen LogP contribution in [0, 0.1) is 0 Å². The highest BCUT2D eigenvalue weighted by molar-refractivity contribution is 6.04. The van der Waals surface area contributed by atoms with Crippen LogP contribution in [0.15, 0.2) is 48.1 Å². The van der Waals surface area contributed by atoms with E-state index in [-0.39, 0.29) is 17.7 Å². The van der Waals surface area contributed by atoms with Crippen molar-refractivity contribution in [1.82, 2.24) is 24.7 Å². The number of hydrogen-bond donors (Lipinski definition) is 2. The van der Waals surface area contributed by atoms with Gasteiger partial charge in [-0.25, -0.2) is 9.97 Å². The van der Waals surface area contributed by atoms with Gasteiger partial charge < -0.3 is 11.5 Å². The lowest BCUT2D eigenvalue weighted by Crippen LogP contribution is -2.21. The molecule has 26 heavy (non-hydrogen) atoms. The zero-order chi connectivity index (χ0) is 18.7. The highest BCUT2D eigenvalue weighted by Gasteiger charge is 2.14. The van der Waals surface area contributed by atoms with E-state index in [1.54, 1.807) is 31.8 Å². The van der Waals surface area contributed by atoms with Gasteiger partial charge in [0.05, 0.1) is 17.5 Å². The topological polar surface area (TPSA) is 138 Å². The highest BCUT2D eigenvalue weighted by Crippen LogP contribution is 2.20. The fourth-order valence-electron chi connectivity index (χ4n) is 2.28. The summed E-state index contributed by atoms with van der Waals surface area (Å²) in [6.45, 7) is 1.86. The molecule has 0 fully saturated rings. The van der Waals surface area contributed by atoms with Crippen LogP contribution in [-0.2, 0) is 7.05 Å². The average molecular weight is 350 g/mol. The van der Waals surface area contributed by atoms with Crippen molar-refractivity contribution in [1.29, 1.82) is 0 Å². The van der Waals surface area contributed by atoms with Crippen molar-refractivity contribution in [2.45, 2.75) is 12.8 Å². The van der Waals surface area contributed by atoms with E-state index in [1.165, 1.54) is 10.9 Å². The molecule has 0 saturated heterocycles. The number of pyridine rings is 1. The summed E-state index contributed by atoms with van der Waals surface area (Å²) in [4.78, 5) is 28.4. The lowest BCUT2D eigenvalue weighted by Gasteiger charge is -2.11. The molecule has 0 aliphatic carbocycles. The van der Waals surface area contributed by atoms with E-state index in [4.69, 9.17) is 11.5 Å². The van der Waals surface area contributed by atoms with Crippen molar-refractivity contribution < 1.29 is 4.79 Å². The fourth-order valence-corrected chi connectivity index (χ4v) is 2.28. The van der Waals surface area contributed by atoms with Crippen molar-refractivity contribution in [3.63, 3.8) is 0 Å². The second-order valence-corrected chi connectivity index (χ2v) is 5.77. The first-order valence-electron chi connectivity index (χ1n) is 7.85. The second-order valence-electron chi connectivity index (χ2n) is 5.77. The number of carbonyl (C=O) groups is 1. The van der Waals surface area contributed by atoms with Gasteiger partial charge in [-0.1, -0.05) is 13.0 Å². The summed E-state index contributed by atoms with van der Waals surface area (Å²) in [5.74, 6) is -0.267. The number of anilines is 1. The van der Waals surface area contributed by atoms with Crippen LogP contribution >= 0.6 is 0 Å². The molecule has 0 aromatic carbocycles. The molecule has 1 atom stereocenters. The summed E-state index contributed by atoms with van der Waals surface area (Å²) in [5.41, 5.74) is 14.2. The van der Waals surface area contributed by atoms with Gasteiger partial charge in [0.1, 0.15) is 5.84 Å². The minimum absolute atomic E-state index is 0.210. The number of nitrogens with two attached hydrogens (primary N) is 2. The molecular weight excluding hydrogens is 332 g/mol. The third-order valence-electron chi connectivity index (χ3n) is 3.88. The molecule has 3 heterocycles. The quantitative estimate of drug-likeness (QED) is 0.531. The highest BCUT2D eigenvalue weighted by atomic mass is 16.1. The molecule has 3 aromatic heterocycles. The lowest BCUT2D eigenvalue weighted by molar-refractivity contribution is 0.100. The fraction of sp³-hybridized carbons (Fsp3) is 0.176. The molecule has 0 bridgehead atoms. The second kappa shape index (κ2) is 7.09. The standard InChI is InChI=1S/C17H18N8O/c1-10(15(18)24-16(26)13-8-23-25(2)9-13)11-3-4-14(20-5-11)12-6-21-17(19)22-7-12/h3-10H,1-2H3,(H2,18,24,26)(H2,19,21,22). The minimum atomic E-state index is -0.425. The lowest BCUT2D eigenvalue weighted by atomic mass is 10.0. The largest absolute Gasteiger partial charge is 0.387 e. The molecular formula is C17H18N8O. The van der Waals surface area contributed by atoms with Crippen LogP contribution in [0.25, 0.3) is 11.3 Å². The number of aliphatic imine (C=N–C) groups is 1. The number of amides is 1. The van der Waals surface area contributed by atoms with Gasteiger partial charge in [-0.3, -0.25) is 14.5 Å². The Kier molecular flexibility index (Phi) is 4.70. The molecule has 4 N–H and O–H groups in total. The first kappa shape index (κ1) is 17.2. The van der Waals surface area contributed by atoms with E-state index in [0.717, 1.165) is 11.1 Å². The third kappa shape index (κ3) is 3.72. The van der Waals surface area contributed by atoms with Crippen molar-refractivity contribution in [3.8, 4) is 11.3 Å². The number of carbonyl (C=O) groups excluding carboxylic acids is 1. The van der Waals surface area contributed by atoms with E-state index < -0.39 is 5.91 Å². The van der Waals surface area contributed by atoms with E-state index >= 15 is 0 Å². The monoisotopic (exact) mass is 350 g/mol. The maximum absolute atomic E-state index is 12.1. The van der Waals surface area contributed by atoms with Gasteiger partial charge in [0.25, 0.3) is 5.91 Å². The van der Waals surface area contributed by atoms with Crippen molar-refractivity contribution in [2.75, 3.05) is 5.73 Å². The summed E-state index contributed by atoms with van der Waals surface area (Å²) in [7, 11) is 1.73. The van der Waals surface area contributed by atoms with Crippen LogP contribution in [-0.4, -0.2) is 36.5 Å². The Morgan fingerprint density at radius 1 is 1.15 bits per heavy atom. The van der Waals surface area contributed by atoms with E-state index in [2.05, 4.69) is 25.0 Å². The number of amidine groups is 1. The summed E-state index contributed by atoms with van der Waals surface area (Å²) in [5, 5.41) is 3.95. The SMILES string of the molecule is CC(C(N)=NC(=O)c1cnn(C)c1)c1ccc(-c2cnc(N)nc2)nc1. The van der Waals surface area contributed by atoms with Gasteiger partial charge in [-0.2, -0.15) is 10.1 Å². The van der Waals surface area contributed by atoms with Crippen LogP contribution in [0.4, 0.5) is 5.95 Å². The predicted octanol–water partition coefficient (Wildman–Crippen LogP) is 1.16. The molecule has 9 heteroatoms. The van der Waals surface area contributed by atoms with E-state index in [1.807, 2.05) is 19.1 Å². The Morgan fingerprint density at radius 2 is 1.88 bits per heavy atom. The molecule has 1 amide bonds. The molecule has 0 spiro atoms. The molecule has 9 nitrogen and oxygen atoms in total. The zero-order valence-corrected chi connectivity index (χ0v) is 14.4. The molecule has 3 aromatic rings. The summed E-state index contributed by atoms with van der Waals surface area (Å²) >= 11 is 0. The maximum atomic E-state index is 12.1. The number of aryl methyl sites for hydroxylation is 1. The van der Waals surface area contributed by atoms with Gasteiger partial charge in [-0.15, -0.1) is 0 Å². The minimum Gasteiger partial charge on any atom is -0.387 e. The Balaban J connectivity index is 1.76. The molecule has 3 rings (SSSR count). The number of rotatable bonds is 4. The van der Waals surface area contributed by atoms with Crippen LogP contribution in [0.2, 0.25) is 0 Å². The molecule has 0 aliphatic heterocycles. The first-order valence-corrected chi connectivity index (χ1v) is 7.85. The first-order chi connectivity index (χ1) is 12.4. The number of nitrogens with zero attached hydrogens (tertiary/aromatic N) is 6. The predicted molar refractivity (Wildman–Crippen MR) is 97.3 cm³/mol. The van der Waals surface area contributed by atoms with E-state index in [9.17, 15) is 4.79 Å². The summed E-state index contributed by atoms with van der Waals surface area (Å²) in [6, 6.07) is 3.71. The van der Waals surface area contributed by atoms with Crippen LogP contribution in [0.1, 0.15) is 28.8 Å². The Morgan fingerprint density at radius 3 is 2.46 bits per heavy atom. The van der Waals surface area contributed by atoms with Crippen LogP contribution < -0.4 is 11.5 Å². The van der Waals surface area contributed by atoms with Crippen LogP contribution in [0.3, 0.4) is 0 Å². The van der Waals surface area contributed by atoms with Gasteiger partial charge in [0, 0.05) is 43.3 Å². The molecule has 0 radical (unpaired) electrons. The third-order valence-corrected chi connectivity index (χ3v) is 3.88. The molecule has 132 valence electrons. The summed E-state index contributed by atoms with van der Waals surface area (Å²) in [6.07, 6.45) is 7.95. The Hall–Kier alpha value is -3.62. The maximum Gasteiger partial charge on any atom is 0.281 e. The van der Waals surface area contributed by atoms with Gasteiger partial charge >= 0.3 is 0 Å². The van der Waals surface area contributed by atoms with E-state index in [0.29, 0.717) is 11.3 Å². The molecule has 0 aliphatic rings. The molecule has 0 saturated carbocycles. The van der Waals surface area contributed by atoms with Gasteiger partial charge in [-0.05, 0) is 11.6 Å². The Labute approximate surface area is 149 Å². The van der Waals surface area contributed by atoms with Crippen molar-refractivity contribution in [3.05, 3.63) is 54.2 Å². The van der Waals surface area contributed by atoms with Crippen molar-refractivity contribution >= 4 is 17.7 Å². The Bertz CT molecular complexity index is 944. The van der Waals surface area contributed by atoms with Crippen molar-refractivity contribution in [2.24, 2.45) is 17.8 Å². The molecule has 1 unspecified atom stereocenters. The van der Waals surface area contributed by atoms with Crippen LogP contribution in [0.5, 0.6) is 0 Å². The van der Waals surface area contributed by atoms with Gasteiger partial charge in [0.2, 0.25) is 5.95 Å². The number of hydrogen-bond acceptors (Lipinski definition) is 6. The number of nitrogen functional groups attached to an aromatic ring is 1. The normalized spacial score (nSPS) is 12.8. The summed E-state index contributed by atoms with van der Waals surface area (Å²) < 4.78 is 1.53. The van der Waals surface area contributed by atoms with Gasteiger partial charge in [0.15, 0.2) is 0 Å².